The highest BCUT2D eigenvalue weighted by atomic mass is 32.2. The van der Waals surface area contributed by atoms with Crippen LogP contribution in [0.15, 0.2) is 0 Å². The molecule has 0 aliphatic heterocycles. The van der Waals surface area contributed by atoms with Gasteiger partial charge in [-0.1, -0.05) is 0 Å². The van der Waals surface area contributed by atoms with Crippen LogP contribution in [0.5, 0.6) is 0 Å². The molecule has 0 bridgehead atoms. The van der Waals surface area contributed by atoms with Gasteiger partial charge in [0.05, 0.1) is 6.61 Å². The van der Waals surface area contributed by atoms with Crippen LogP contribution in [-0.2, 0) is 23.8 Å². The molecule has 0 rings (SSSR count). The number of ether oxygens (including phenoxy) is 1. The smallest absolute Gasteiger partial charge is 0.305 e. The van der Waals surface area contributed by atoms with Crippen molar-refractivity contribution in [3.63, 3.8) is 0 Å². The summed E-state index contributed by atoms with van der Waals surface area (Å²) in [5.41, 5.74) is 0. The quantitative estimate of drug-likeness (QED) is 0.500. The fourth-order valence-electron chi connectivity index (χ4n) is 1.02. The van der Waals surface area contributed by atoms with Crippen molar-refractivity contribution in [2.75, 3.05) is 19.1 Å². The molecule has 0 saturated carbocycles. The van der Waals surface area contributed by atoms with E-state index in [9.17, 15) is 13.8 Å². The molecule has 0 heterocycles. The fraction of sp³-hybridized carbons (Fsp3) is 0.700. The monoisotopic (exact) mass is 234 g/mol. The van der Waals surface area contributed by atoms with Crippen LogP contribution in [-0.4, -0.2) is 40.4 Å². The van der Waals surface area contributed by atoms with Gasteiger partial charge in [-0.15, -0.1) is 0 Å². The third-order valence-electron chi connectivity index (χ3n) is 1.52. The van der Waals surface area contributed by atoms with E-state index in [1.165, 1.54) is 17.9 Å². The molecule has 0 saturated heterocycles. The molecular formula is C10H18O4S. The van der Waals surface area contributed by atoms with Crippen molar-refractivity contribution in [2.45, 2.75) is 26.2 Å². The maximum Gasteiger partial charge on any atom is 0.305 e. The highest BCUT2D eigenvalue weighted by Crippen LogP contribution is 1.98. The lowest BCUT2D eigenvalue weighted by molar-refractivity contribution is -0.143. The molecule has 4 nitrogen and oxygen atoms in total. The summed E-state index contributed by atoms with van der Waals surface area (Å²) < 4.78 is 15.9. The topological polar surface area (TPSA) is 60.4 Å². The number of esters is 1. The van der Waals surface area contributed by atoms with Gasteiger partial charge in [-0.2, -0.15) is 0 Å². The second-order valence-electron chi connectivity index (χ2n) is 3.55. The number of rotatable bonds is 6. The zero-order chi connectivity index (χ0) is 11.9. The molecule has 0 N–H and O–H groups in total. The fourth-order valence-corrected chi connectivity index (χ4v) is 1.77. The normalized spacial score (nSPS) is 10.9. The molecule has 0 aromatic heterocycles. The number of Topliss-reactive ketones (excluding diaryl/α,β-unsaturated/α-hetero) is 1. The number of carbonyl (C=O) groups is 2. The van der Waals surface area contributed by atoms with Crippen LogP contribution >= 0.6 is 0 Å². The highest BCUT2D eigenvalue weighted by molar-refractivity contribution is 8.01. The second kappa shape index (κ2) is 6.61. The van der Waals surface area contributed by atoms with Crippen molar-refractivity contribution in [1.82, 2.24) is 0 Å². The Labute approximate surface area is 91.0 Å². The van der Waals surface area contributed by atoms with Gasteiger partial charge < -0.3 is 4.74 Å². The minimum absolute atomic E-state index is 0.172. The van der Waals surface area contributed by atoms with E-state index in [0.29, 0.717) is 13.0 Å². The van der Waals surface area contributed by atoms with Crippen molar-refractivity contribution in [1.29, 1.82) is 0 Å². The molecule has 0 aliphatic carbocycles. The predicted octanol–water partition coefficient (Wildman–Crippen LogP) is 0.635. The van der Waals surface area contributed by atoms with Gasteiger partial charge in [0.25, 0.3) is 0 Å². The van der Waals surface area contributed by atoms with Crippen LogP contribution in [0.3, 0.4) is 0 Å². The molecule has 5 heteroatoms. The predicted molar refractivity (Wildman–Crippen MR) is 61.5 cm³/mol. The zero-order valence-corrected chi connectivity index (χ0v) is 10.3. The van der Waals surface area contributed by atoms with Gasteiger partial charge in [-0.05, 0) is 22.9 Å². The van der Waals surface area contributed by atoms with Gasteiger partial charge >= 0.3 is 5.97 Å². The first-order chi connectivity index (χ1) is 6.85. The van der Waals surface area contributed by atoms with Gasteiger partial charge in [-0.25, -0.2) is 0 Å². The summed E-state index contributed by atoms with van der Waals surface area (Å²) in [6.07, 6.45) is 3.95. The molecule has 0 atom stereocenters. The molecule has 0 fully saturated rings. The van der Waals surface area contributed by atoms with Crippen LogP contribution in [0.25, 0.3) is 0 Å². The van der Waals surface area contributed by atoms with Crippen molar-refractivity contribution in [2.24, 2.45) is 0 Å². The van der Waals surface area contributed by atoms with Gasteiger partial charge in [0.15, 0.2) is 5.78 Å². The van der Waals surface area contributed by atoms with E-state index in [0.717, 1.165) is 0 Å². The Hall–Kier alpha value is -0.840. The summed E-state index contributed by atoms with van der Waals surface area (Å²) in [6.45, 7) is 2.09. The van der Waals surface area contributed by atoms with Crippen molar-refractivity contribution in [3.05, 3.63) is 0 Å². The Morgan fingerprint density at radius 3 is 2.33 bits per heavy atom. The number of hydrogen-bond acceptors (Lipinski definition) is 4. The van der Waals surface area contributed by atoms with Crippen molar-refractivity contribution >= 4 is 26.6 Å². The van der Waals surface area contributed by atoms with Crippen LogP contribution in [0, 0.1) is 0 Å². The van der Waals surface area contributed by atoms with Gasteiger partial charge in [0, 0.05) is 30.7 Å². The minimum atomic E-state index is -2.12. The summed E-state index contributed by atoms with van der Waals surface area (Å²) in [5, 5.41) is 1.23. The molecule has 88 valence electrons. The van der Waals surface area contributed by atoms with Crippen molar-refractivity contribution < 1.29 is 18.5 Å². The first-order valence-electron chi connectivity index (χ1n) is 4.82. The Morgan fingerprint density at radius 2 is 1.87 bits per heavy atom. The van der Waals surface area contributed by atoms with E-state index in [1.54, 1.807) is 6.92 Å². The minimum Gasteiger partial charge on any atom is -0.466 e. The van der Waals surface area contributed by atoms with E-state index >= 15 is 0 Å². The third-order valence-corrected chi connectivity index (χ3v) is 2.36. The van der Waals surface area contributed by atoms with Crippen LogP contribution in [0.1, 0.15) is 26.2 Å². The molecule has 0 spiro atoms. The molecule has 0 aliphatic rings. The first-order valence-corrected chi connectivity index (χ1v) is 7.26. The maximum atomic E-state index is 11.2. The Bertz CT molecular complexity index is 329. The lowest BCUT2D eigenvalue weighted by Gasteiger charge is -2.00. The zero-order valence-electron chi connectivity index (χ0n) is 9.45. The summed E-state index contributed by atoms with van der Waals surface area (Å²) in [5.74, 6) is -0.465. The molecule has 0 unspecified atom stereocenters. The van der Waals surface area contributed by atoms with Gasteiger partial charge in [-0.3, -0.25) is 13.8 Å². The lowest BCUT2D eigenvalue weighted by Crippen LogP contribution is -2.09. The lowest BCUT2D eigenvalue weighted by atomic mass is 10.2. The molecular weight excluding hydrogens is 216 g/mol. The first kappa shape index (κ1) is 14.2. The molecule has 15 heavy (non-hydrogen) atoms. The summed E-state index contributed by atoms with van der Waals surface area (Å²) in [6, 6.07) is 0. The Morgan fingerprint density at radius 1 is 1.27 bits per heavy atom. The molecule has 0 aromatic carbocycles. The standard InChI is InChI=1S/C10H18O4S/c1-4-14-10(12)7-5-6-9(11)8-15(2,3)13/h8H,4-7H2,1-3H3. The second-order valence-corrected chi connectivity index (χ2v) is 6.41. The molecule has 0 radical (unpaired) electrons. The average Bonchev–Trinajstić information content (AvgIpc) is 2.00. The maximum absolute atomic E-state index is 11.2. The average molecular weight is 234 g/mol. The van der Waals surface area contributed by atoms with Crippen molar-refractivity contribution in [3.8, 4) is 0 Å². The van der Waals surface area contributed by atoms with E-state index in [4.69, 9.17) is 4.74 Å². The summed E-state index contributed by atoms with van der Waals surface area (Å²) in [4.78, 5) is 22.1. The SMILES string of the molecule is CCOC(=O)CCCC(=O)C=S(C)(C)=O. The van der Waals surface area contributed by atoms with E-state index in [1.807, 2.05) is 0 Å². The third kappa shape index (κ3) is 9.46. The van der Waals surface area contributed by atoms with Crippen LogP contribution in [0.2, 0.25) is 0 Å². The van der Waals surface area contributed by atoms with E-state index in [2.05, 4.69) is 0 Å². The van der Waals surface area contributed by atoms with Crippen LogP contribution < -0.4 is 0 Å². The number of ketones is 1. The Balaban J connectivity index is 3.84. The molecule has 0 aromatic rings. The van der Waals surface area contributed by atoms with Crippen LogP contribution in [0.4, 0.5) is 0 Å². The molecule has 0 amide bonds. The summed E-state index contributed by atoms with van der Waals surface area (Å²) in [7, 11) is -2.12. The van der Waals surface area contributed by atoms with Gasteiger partial charge in [0.1, 0.15) is 0 Å². The van der Waals surface area contributed by atoms with E-state index in [-0.39, 0.29) is 24.6 Å². The number of hydrogen-bond donors (Lipinski definition) is 0. The summed E-state index contributed by atoms with van der Waals surface area (Å²) >= 11 is 0. The Kier molecular flexibility index (Phi) is 6.24. The van der Waals surface area contributed by atoms with E-state index < -0.39 is 9.52 Å². The largest absolute Gasteiger partial charge is 0.466 e. The highest BCUT2D eigenvalue weighted by Gasteiger charge is 2.04. The van der Waals surface area contributed by atoms with Gasteiger partial charge in [0.2, 0.25) is 0 Å². The number of carbonyl (C=O) groups excluding carboxylic acids is 2.